The lowest BCUT2D eigenvalue weighted by atomic mass is 10.1. The van der Waals surface area contributed by atoms with Crippen LogP contribution in [0.3, 0.4) is 0 Å². The van der Waals surface area contributed by atoms with E-state index in [0.717, 1.165) is 10.4 Å². The molecule has 0 saturated carbocycles. The van der Waals surface area contributed by atoms with Crippen molar-refractivity contribution in [2.75, 3.05) is 18.9 Å². The molecule has 1 heterocycles. The third kappa shape index (κ3) is 3.75. The largest absolute Gasteiger partial charge is 0.507 e. The number of nitrogens with zero attached hydrogens (tertiary/aromatic N) is 3. The maximum atomic E-state index is 12.8. The first-order valence-corrected chi connectivity index (χ1v) is 11.1. The van der Waals surface area contributed by atoms with Crippen molar-refractivity contribution < 1.29 is 18.6 Å². The second kappa shape index (κ2) is 8.12. The quantitative estimate of drug-likeness (QED) is 0.519. The summed E-state index contributed by atoms with van der Waals surface area (Å²) >= 11 is 9.45. The molecule has 0 bridgehead atoms. The fourth-order valence-corrected chi connectivity index (χ4v) is 4.94. The molecule has 1 aromatic heterocycles. The molecular formula is C18H17BrClN3O4S. The summed E-state index contributed by atoms with van der Waals surface area (Å²) in [6.07, 6.45) is 1.51. The van der Waals surface area contributed by atoms with Crippen molar-refractivity contribution in [3.8, 4) is 28.4 Å². The Bertz CT molecular complexity index is 1120. The van der Waals surface area contributed by atoms with E-state index >= 15 is 0 Å². The molecule has 0 aliphatic heterocycles. The van der Waals surface area contributed by atoms with E-state index in [0.29, 0.717) is 21.7 Å². The zero-order valence-corrected chi connectivity index (χ0v) is 17.9. The molecule has 148 valence electrons. The average Bonchev–Trinajstić information content (AvgIpc) is 3.11. The lowest BCUT2D eigenvalue weighted by Crippen LogP contribution is -2.28. The van der Waals surface area contributed by atoms with Gasteiger partial charge in [-0.05, 0) is 24.3 Å². The number of halogens is 2. The summed E-state index contributed by atoms with van der Waals surface area (Å²) in [4.78, 5) is -0.310. The number of alkyl halides is 1. The molecule has 7 nitrogen and oxygen atoms in total. The number of aromatic nitrogens is 2. The molecule has 0 saturated heterocycles. The first-order chi connectivity index (χ1) is 13.3. The van der Waals surface area contributed by atoms with Gasteiger partial charge in [0, 0.05) is 30.6 Å². The van der Waals surface area contributed by atoms with Crippen LogP contribution < -0.4 is 0 Å². The Balaban J connectivity index is 2.19. The maximum Gasteiger partial charge on any atom is 0.246 e. The van der Waals surface area contributed by atoms with Gasteiger partial charge in [-0.3, -0.25) is 0 Å². The number of phenols is 2. The minimum atomic E-state index is -3.96. The van der Waals surface area contributed by atoms with Crippen molar-refractivity contribution >= 4 is 37.6 Å². The third-order valence-electron chi connectivity index (χ3n) is 4.16. The van der Waals surface area contributed by atoms with E-state index in [1.807, 2.05) is 0 Å². The molecule has 0 radical (unpaired) electrons. The standard InChI is InChI=1S/C18H17BrClN3O4S/c1-22(9-7-19)28(26,27)18-10-12(16(24)11-17(18)25)14-6-8-21-23(14)15-5-3-2-4-13(15)20/h2-6,8,10-11,24-25H,7,9H2,1H3. The Kier molecular flexibility index (Phi) is 5.99. The van der Waals surface area contributed by atoms with Gasteiger partial charge in [-0.15, -0.1) is 0 Å². The van der Waals surface area contributed by atoms with E-state index in [1.54, 1.807) is 30.3 Å². The van der Waals surface area contributed by atoms with E-state index in [1.165, 1.54) is 24.0 Å². The first-order valence-electron chi connectivity index (χ1n) is 8.15. The lowest BCUT2D eigenvalue weighted by molar-refractivity contribution is 0.434. The molecule has 2 N–H and O–H groups in total. The molecule has 0 amide bonds. The van der Waals surface area contributed by atoms with Gasteiger partial charge in [0.05, 0.1) is 22.6 Å². The minimum Gasteiger partial charge on any atom is -0.507 e. The highest BCUT2D eigenvalue weighted by molar-refractivity contribution is 9.09. The van der Waals surface area contributed by atoms with Crippen molar-refractivity contribution in [2.45, 2.75) is 4.90 Å². The fraction of sp³-hybridized carbons (Fsp3) is 0.167. The summed E-state index contributed by atoms with van der Waals surface area (Å²) < 4.78 is 28.2. The van der Waals surface area contributed by atoms with Crippen LogP contribution in [0.2, 0.25) is 5.02 Å². The molecule has 28 heavy (non-hydrogen) atoms. The Hall–Kier alpha value is -2.07. The summed E-state index contributed by atoms with van der Waals surface area (Å²) in [6, 6.07) is 10.9. The molecule has 2 aromatic carbocycles. The summed E-state index contributed by atoms with van der Waals surface area (Å²) in [5.41, 5.74) is 1.18. The average molecular weight is 487 g/mol. The Morgan fingerprint density at radius 2 is 1.89 bits per heavy atom. The maximum absolute atomic E-state index is 12.8. The number of rotatable bonds is 6. The molecule has 0 atom stereocenters. The Morgan fingerprint density at radius 1 is 1.18 bits per heavy atom. The van der Waals surface area contributed by atoms with E-state index in [2.05, 4.69) is 21.0 Å². The van der Waals surface area contributed by atoms with Gasteiger partial charge < -0.3 is 10.2 Å². The van der Waals surface area contributed by atoms with Crippen LogP contribution in [0.4, 0.5) is 0 Å². The number of hydrogen-bond acceptors (Lipinski definition) is 5. The van der Waals surface area contributed by atoms with Crippen LogP contribution in [0, 0.1) is 0 Å². The molecule has 0 spiro atoms. The number of sulfonamides is 1. The summed E-state index contributed by atoms with van der Waals surface area (Å²) in [6.45, 7) is 0.218. The second-order valence-corrected chi connectivity index (χ2v) is 9.15. The van der Waals surface area contributed by atoms with Gasteiger partial charge in [-0.25, -0.2) is 13.1 Å². The van der Waals surface area contributed by atoms with Gasteiger partial charge >= 0.3 is 0 Å². The van der Waals surface area contributed by atoms with Crippen LogP contribution in [0.25, 0.3) is 16.9 Å². The Labute approximate surface area is 176 Å². The predicted octanol–water partition coefficient (Wildman–Crippen LogP) is 3.62. The first kappa shape index (κ1) is 20.7. The van der Waals surface area contributed by atoms with Gasteiger partial charge in [0.15, 0.2) is 0 Å². The van der Waals surface area contributed by atoms with E-state index in [9.17, 15) is 18.6 Å². The highest BCUT2D eigenvalue weighted by Crippen LogP contribution is 2.39. The summed E-state index contributed by atoms with van der Waals surface area (Å²) in [5.74, 6) is -0.820. The van der Waals surface area contributed by atoms with Gasteiger partial charge in [-0.1, -0.05) is 39.7 Å². The molecule has 3 aromatic rings. The zero-order valence-electron chi connectivity index (χ0n) is 14.7. The minimum absolute atomic E-state index is 0.195. The number of para-hydroxylation sites is 1. The van der Waals surface area contributed by atoms with Crippen molar-refractivity contribution in [2.24, 2.45) is 0 Å². The highest BCUT2D eigenvalue weighted by atomic mass is 79.9. The summed E-state index contributed by atoms with van der Waals surface area (Å²) in [7, 11) is -2.55. The lowest BCUT2D eigenvalue weighted by Gasteiger charge is -2.18. The molecule has 3 rings (SSSR count). The van der Waals surface area contributed by atoms with Gasteiger partial charge in [0.1, 0.15) is 16.4 Å². The number of aromatic hydroxyl groups is 2. The van der Waals surface area contributed by atoms with Crippen LogP contribution >= 0.6 is 27.5 Å². The van der Waals surface area contributed by atoms with Crippen molar-refractivity contribution in [3.05, 3.63) is 53.7 Å². The van der Waals surface area contributed by atoms with Gasteiger partial charge in [0.2, 0.25) is 10.0 Å². The van der Waals surface area contributed by atoms with Crippen LogP contribution in [0.15, 0.2) is 53.6 Å². The molecule has 0 fully saturated rings. The topological polar surface area (TPSA) is 95.7 Å². The number of benzene rings is 2. The smallest absolute Gasteiger partial charge is 0.246 e. The van der Waals surface area contributed by atoms with Gasteiger partial charge in [-0.2, -0.15) is 9.40 Å². The predicted molar refractivity (Wildman–Crippen MR) is 111 cm³/mol. The van der Waals surface area contributed by atoms with Crippen LogP contribution in [-0.2, 0) is 10.0 Å². The molecule has 0 aliphatic carbocycles. The highest BCUT2D eigenvalue weighted by Gasteiger charge is 2.27. The van der Waals surface area contributed by atoms with Crippen LogP contribution in [-0.4, -0.2) is 51.6 Å². The van der Waals surface area contributed by atoms with Crippen molar-refractivity contribution in [1.82, 2.24) is 14.1 Å². The van der Waals surface area contributed by atoms with Crippen LogP contribution in [0.5, 0.6) is 11.5 Å². The SMILES string of the molecule is CN(CCBr)S(=O)(=O)c1cc(-c2ccnn2-c2ccccc2Cl)c(O)cc1O. The monoisotopic (exact) mass is 485 g/mol. The molecule has 10 heteroatoms. The van der Waals surface area contributed by atoms with Gasteiger partial charge in [0.25, 0.3) is 0 Å². The molecule has 0 aliphatic rings. The van der Waals surface area contributed by atoms with E-state index in [4.69, 9.17) is 11.6 Å². The number of hydrogen-bond donors (Lipinski definition) is 2. The second-order valence-electron chi connectivity index (χ2n) is 5.93. The van der Waals surface area contributed by atoms with Crippen molar-refractivity contribution in [3.63, 3.8) is 0 Å². The molecular weight excluding hydrogens is 470 g/mol. The van der Waals surface area contributed by atoms with E-state index < -0.39 is 15.8 Å². The number of phenolic OH excluding ortho intramolecular Hbond substituents is 2. The van der Waals surface area contributed by atoms with E-state index in [-0.39, 0.29) is 22.8 Å². The third-order valence-corrected chi connectivity index (χ3v) is 6.72. The normalized spacial score (nSPS) is 11.9. The Morgan fingerprint density at radius 3 is 2.57 bits per heavy atom. The fourth-order valence-electron chi connectivity index (χ4n) is 2.70. The summed E-state index contributed by atoms with van der Waals surface area (Å²) in [5, 5.41) is 25.7. The molecule has 0 unspecified atom stereocenters. The van der Waals surface area contributed by atoms with Crippen molar-refractivity contribution in [1.29, 1.82) is 0 Å². The zero-order chi connectivity index (χ0) is 20.5. The van der Waals surface area contributed by atoms with Crippen LogP contribution in [0.1, 0.15) is 0 Å².